The Hall–Kier alpha value is -1.02. The van der Waals surface area contributed by atoms with Crippen LogP contribution in [0.3, 0.4) is 0 Å². The molecule has 0 amide bonds. The second kappa shape index (κ2) is 3.99. The van der Waals surface area contributed by atoms with Crippen LogP contribution < -0.4 is 0 Å². The number of phenols is 1. The van der Waals surface area contributed by atoms with Gasteiger partial charge in [-0.25, -0.2) is 0 Å². The van der Waals surface area contributed by atoms with Gasteiger partial charge in [-0.3, -0.25) is 0 Å². The number of nitrogens with zero attached hydrogens (tertiary/aromatic N) is 1. The topological polar surface area (TPSA) is 23.5 Å². The van der Waals surface area contributed by atoms with Crippen molar-refractivity contribution in [1.29, 1.82) is 0 Å². The minimum atomic E-state index is 0.224. The molecule has 1 unspecified atom stereocenters. The van der Waals surface area contributed by atoms with Crippen LogP contribution in [0.25, 0.3) is 0 Å². The zero-order valence-corrected chi connectivity index (χ0v) is 11.6. The number of hydrogen-bond donors (Lipinski definition) is 1. The van der Waals surface area contributed by atoms with Crippen molar-refractivity contribution in [3.8, 4) is 5.75 Å². The van der Waals surface area contributed by atoms with E-state index < -0.39 is 0 Å². The van der Waals surface area contributed by atoms with E-state index in [1.54, 1.807) is 0 Å². The summed E-state index contributed by atoms with van der Waals surface area (Å²) < 4.78 is 0. The zero-order chi connectivity index (χ0) is 12.9. The summed E-state index contributed by atoms with van der Waals surface area (Å²) in [7, 11) is 2.24. The third kappa shape index (κ3) is 1.66. The van der Waals surface area contributed by atoms with Crippen molar-refractivity contribution < 1.29 is 5.11 Å². The van der Waals surface area contributed by atoms with Gasteiger partial charge in [-0.1, -0.05) is 19.9 Å². The van der Waals surface area contributed by atoms with Gasteiger partial charge in [-0.15, -0.1) is 0 Å². The number of hydrogen-bond acceptors (Lipinski definition) is 2. The van der Waals surface area contributed by atoms with E-state index in [1.165, 1.54) is 24.1 Å². The minimum absolute atomic E-state index is 0.224. The summed E-state index contributed by atoms with van der Waals surface area (Å²) >= 11 is 0. The first-order valence-electron chi connectivity index (χ1n) is 7.01. The molecule has 2 bridgehead atoms. The fraction of sp³-hybridized carbons (Fsp3) is 0.625. The molecule has 2 heteroatoms. The number of likely N-dealkylation sites (tertiary alicyclic amines) is 1. The molecule has 3 atom stereocenters. The van der Waals surface area contributed by atoms with E-state index in [-0.39, 0.29) is 5.41 Å². The molecule has 3 rings (SSSR count). The number of aromatic hydroxyl groups is 1. The molecular weight excluding hydrogens is 222 g/mol. The molecule has 0 aromatic heterocycles. The molecular formula is C16H23NO. The van der Waals surface area contributed by atoms with Crippen LogP contribution in [0.1, 0.15) is 31.4 Å². The maximum Gasteiger partial charge on any atom is 0.115 e. The third-order valence-corrected chi connectivity index (χ3v) is 5.46. The van der Waals surface area contributed by atoms with E-state index >= 15 is 0 Å². The summed E-state index contributed by atoms with van der Waals surface area (Å²) in [6, 6.07) is 5.98. The van der Waals surface area contributed by atoms with Gasteiger partial charge >= 0.3 is 0 Å². The molecule has 98 valence electrons. The van der Waals surface area contributed by atoms with Gasteiger partial charge in [0.2, 0.25) is 0 Å². The standard InChI is InChI=1S/C16H23NO/c1-11-13-8-12-4-5-14(18)9-15(12)16(11,2)6-7-17(3)10-13/h4-5,9,11,13,18H,6-8,10H2,1-3H3/t11-,13?,16+/m0/s1. The molecule has 1 aliphatic carbocycles. The molecule has 1 saturated heterocycles. The Morgan fingerprint density at radius 3 is 2.94 bits per heavy atom. The van der Waals surface area contributed by atoms with Crippen LogP contribution in [0.15, 0.2) is 18.2 Å². The lowest BCUT2D eigenvalue weighted by Crippen LogP contribution is -2.41. The summed E-state index contributed by atoms with van der Waals surface area (Å²) in [5.41, 5.74) is 3.07. The van der Waals surface area contributed by atoms with Crippen LogP contribution in [0.2, 0.25) is 0 Å². The molecule has 1 N–H and O–H groups in total. The predicted molar refractivity (Wildman–Crippen MR) is 73.9 cm³/mol. The number of phenolic OH excluding ortho intramolecular Hbond substituents is 1. The SMILES string of the molecule is C[C@H]1C2Cc3ccc(O)cc3[C@]1(C)CCN(C)C2. The van der Waals surface area contributed by atoms with Gasteiger partial charge in [0.15, 0.2) is 0 Å². The van der Waals surface area contributed by atoms with Crippen LogP contribution >= 0.6 is 0 Å². The van der Waals surface area contributed by atoms with E-state index in [4.69, 9.17) is 0 Å². The number of rotatable bonds is 0. The quantitative estimate of drug-likeness (QED) is 0.759. The molecule has 1 aromatic carbocycles. The molecule has 2 nitrogen and oxygen atoms in total. The molecule has 18 heavy (non-hydrogen) atoms. The molecule has 2 aliphatic rings. The van der Waals surface area contributed by atoms with Crippen LogP contribution in [0.4, 0.5) is 0 Å². The van der Waals surface area contributed by atoms with E-state index in [0.29, 0.717) is 11.7 Å². The lowest BCUT2D eigenvalue weighted by atomic mass is 9.60. The Morgan fingerprint density at radius 2 is 2.17 bits per heavy atom. The highest BCUT2D eigenvalue weighted by Gasteiger charge is 2.44. The van der Waals surface area contributed by atoms with Gasteiger partial charge in [0.25, 0.3) is 0 Å². The average molecular weight is 245 g/mol. The first-order chi connectivity index (χ1) is 8.50. The maximum absolute atomic E-state index is 9.80. The van der Waals surface area contributed by atoms with E-state index in [2.05, 4.69) is 31.9 Å². The third-order valence-electron chi connectivity index (χ3n) is 5.46. The van der Waals surface area contributed by atoms with Gasteiger partial charge in [-0.05, 0) is 66.9 Å². The highest BCUT2D eigenvalue weighted by atomic mass is 16.3. The first-order valence-corrected chi connectivity index (χ1v) is 7.01. The van der Waals surface area contributed by atoms with E-state index in [9.17, 15) is 5.11 Å². The monoisotopic (exact) mass is 245 g/mol. The van der Waals surface area contributed by atoms with Crippen LogP contribution in [0.5, 0.6) is 5.75 Å². The Bertz CT molecular complexity index is 470. The zero-order valence-electron chi connectivity index (χ0n) is 11.6. The van der Waals surface area contributed by atoms with Gasteiger partial charge < -0.3 is 10.0 Å². The van der Waals surface area contributed by atoms with Crippen molar-refractivity contribution in [1.82, 2.24) is 4.90 Å². The fourth-order valence-electron chi connectivity index (χ4n) is 4.00. The van der Waals surface area contributed by atoms with Crippen LogP contribution in [-0.4, -0.2) is 30.1 Å². The van der Waals surface area contributed by atoms with Gasteiger partial charge in [0, 0.05) is 6.54 Å². The lowest BCUT2D eigenvalue weighted by molar-refractivity contribution is 0.197. The van der Waals surface area contributed by atoms with E-state index in [1.807, 2.05) is 12.1 Å². The Labute approximate surface area is 110 Å². The Morgan fingerprint density at radius 1 is 1.39 bits per heavy atom. The van der Waals surface area contributed by atoms with Crippen molar-refractivity contribution in [2.75, 3.05) is 20.1 Å². The molecule has 1 heterocycles. The molecule has 0 spiro atoms. The molecule has 1 aliphatic heterocycles. The normalized spacial score (nSPS) is 35.9. The average Bonchev–Trinajstić information content (AvgIpc) is 2.41. The lowest BCUT2D eigenvalue weighted by Gasteiger charge is -2.44. The van der Waals surface area contributed by atoms with Crippen LogP contribution in [0, 0.1) is 11.8 Å². The van der Waals surface area contributed by atoms with Crippen molar-refractivity contribution >= 4 is 0 Å². The summed E-state index contributed by atoms with van der Waals surface area (Å²) in [5, 5.41) is 9.80. The van der Waals surface area contributed by atoms with Crippen molar-refractivity contribution in [2.45, 2.75) is 32.1 Å². The Kier molecular flexibility index (Phi) is 2.67. The van der Waals surface area contributed by atoms with Crippen molar-refractivity contribution in [3.63, 3.8) is 0 Å². The van der Waals surface area contributed by atoms with Crippen molar-refractivity contribution in [3.05, 3.63) is 29.3 Å². The second-order valence-corrected chi connectivity index (χ2v) is 6.52. The highest BCUT2D eigenvalue weighted by molar-refractivity contribution is 5.43. The molecule has 0 saturated carbocycles. The predicted octanol–water partition coefficient (Wildman–Crippen LogP) is 2.79. The highest BCUT2D eigenvalue weighted by Crippen LogP contribution is 2.48. The summed E-state index contributed by atoms with van der Waals surface area (Å²) in [6.45, 7) is 7.15. The fourth-order valence-corrected chi connectivity index (χ4v) is 4.00. The number of benzene rings is 1. The van der Waals surface area contributed by atoms with E-state index in [0.717, 1.165) is 18.9 Å². The molecule has 1 fully saturated rings. The summed E-state index contributed by atoms with van der Waals surface area (Å²) in [4.78, 5) is 2.47. The second-order valence-electron chi connectivity index (χ2n) is 6.52. The van der Waals surface area contributed by atoms with Gasteiger partial charge in [0.1, 0.15) is 5.75 Å². The van der Waals surface area contributed by atoms with Crippen LogP contribution in [-0.2, 0) is 11.8 Å². The first kappa shape index (κ1) is 12.0. The Balaban J connectivity index is 2.13. The number of fused-ring (bicyclic) bond motifs is 4. The summed E-state index contributed by atoms with van der Waals surface area (Å²) in [6.07, 6.45) is 2.36. The van der Waals surface area contributed by atoms with Gasteiger partial charge in [0.05, 0.1) is 0 Å². The summed E-state index contributed by atoms with van der Waals surface area (Å²) in [5.74, 6) is 1.86. The minimum Gasteiger partial charge on any atom is -0.508 e. The van der Waals surface area contributed by atoms with Crippen molar-refractivity contribution in [2.24, 2.45) is 11.8 Å². The smallest absolute Gasteiger partial charge is 0.115 e. The van der Waals surface area contributed by atoms with Gasteiger partial charge in [-0.2, -0.15) is 0 Å². The molecule has 1 aromatic rings. The largest absolute Gasteiger partial charge is 0.508 e. The molecule has 0 radical (unpaired) electrons. The maximum atomic E-state index is 9.80.